The van der Waals surface area contributed by atoms with Crippen molar-refractivity contribution in [3.05, 3.63) is 35.7 Å². The van der Waals surface area contributed by atoms with Gasteiger partial charge in [-0.25, -0.2) is 8.42 Å². The van der Waals surface area contributed by atoms with Gasteiger partial charge in [0.25, 0.3) is 0 Å². The number of phenolic OH excluding ortho intramolecular Hbond substituents is 1. The maximum Gasteiger partial charge on any atom is 0.205 e. The van der Waals surface area contributed by atoms with Crippen LogP contribution in [-0.2, 0) is 9.84 Å². The van der Waals surface area contributed by atoms with E-state index in [1.165, 1.54) is 19.1 Å². The number of hydrogen-bond acceptors (Lipinski definition) is 3. The highest BCUT2D eigenvalue weighted by Gasteiger charge is 2.18. The quantitative estimate of drug-likeness (QED) is 0.786. The Hall–Kier alpha value is -1.29. The van der Waals surface area contributed by atoms with Crippen LogP contribution in [0.1, 0.15) is 6.92 Å². The van der Waals surface area contributed by atoms with Crippen molar-refractivity contribution in [2.24, 2.45) is 0 Å². The molecule has 1 rings (SSSR count). The average Bonchev–Trinajstić information content (AvgIpc) is 2.04. The fourth-order valence-corrected chi connectivity index (χ4v) is 1.85. The van der Waals surface area contributed by atoms with Crippen molar-refractivity contribution >= 4 is 9.84 Å². The lowest BCUT2D eigenvalue weighted by molar-refractivity contribution is 0.459. The molecular weight excluding hydrogens is 188 g/mol. The number of rotatable bonds is 2. The molecule has 0 aromatic heterocycles. The average molecular weight is 198 g/mol. The third-order valence-corrected chi connectivity index (χ3v) is 3.46. The highest BCUT2D eigenvalue weighted by molar-refractivity contribution is 7.95. The Morgan fingerprint density at radius 1 is 1.38 bits per heavy atom. The Balaban J connectivity index is 3.40. The van der Waals surface area contributed by atoms with Gasteiger partial charge in [0.15, 0.2) is 0 Å². The monoisotopic (exact) mass is 198 g/mol. The SMILES string of the molecule is C=C(C)S(=O)(=O)c1ccccc1O. The summed E-state index contributed by atoms with van der Waals surface area (Å²) in [6.45, 7) is 4.74. The van der Waals surface area contributed by atoms with Gasteiger partial charge in [-0.15, -0.1) is 0 Å². The molecule has 0 aliphatic heterocycles. The second-order valence-corrected chi connectivity index (χ2v) is 4.82. The highest BCUT2D eigenvalue weighted by atomic mass is 32.2. The van der Waals surface area contributed by atoms with Crippen molar-refractivity contribution < 1.29 is 13.5 Å². The van der Waals surface area contributed by atoms with Crippen molar-refractivity contribution in [2.75, 3.05) is 0 Å². The number of benzene rings is 1. The van der Waals surface area contributed by atoms with E-state index in [-0.39, 0.29) is 15.6 Å². The van der Waals surface area contributed by atoms with Crippen LogP contribution in [0.25, 0.3) is 0 Å². The largest absolute Gasteiger partial charge is 0.507 e. The zero-order valence-corrected chi connectivity index (χ0v) is 8.00. The summed E-state index contributed by atoms with van der Waals surface area (Å²) in [4.78, 5) is -0.0727. The van der Waals surface area contributed by atoms with E-state index in [1.807, 2.05) is 0 Å². The Morgan fingerprint density at radius 3 is 2.38 bits per heavy atom. The number of phenols is 1. The van der Waals surface area contributed by atoms with Gasteiger partial charge in [0, 0.05) is 4.91 Å². The first-order valence-corrected chi connectivity index (χ1v) is 5.13. The van der Waals surface area contributed by atoms with Crippen molar-refractivity contribution in [3.63, 3.8) is 0 Å². The number of hydrogen-bond donors (Lipinski definition) is 1. The summed E-state index contributed by atoms with van der Waals surface area (Å²) in [5.74, 6) is -0.245. The number of para-hydroxylation sites is 1. The third-order valence-electron chi connectivity index (χ3n) is 1.61. The van der Waals surface area contributed by atoms with Crippen LogP contribution < -0.4 is 0 Å². The molecule has 0 saturated carbocycles. The number of sulfone groups is 1. The van der Waals surface area contributed by atoms with E-state index in [9.17, 15) is 13.5 Å². The Morgan fingerprint density at radius 2 is 1.92 bits per heavy atom. The number of aromatic hydroxyl groups is 1. The molecular formula is C9H10O3S. The highest BCUT2D eigenvalue weighted by Crippen LogP contribution is 2.25. The van der Waals surface area contributed by atoms with Crippen molar-refractivity contribution in [2.45, 2.75) is 11.8 Å². The molecule has 0 aliphatic carbocycles. The first-order valence-electron chi connectivity index (χ1n) is 3.65. The summed E-state index contributed by atoms with van der Waals surface area (Å²) in [6, 6.07) is 5.79. The fraction of sp³-hybridized carbons (Fsp3) is 0.111. The topological polar surface area (TPSA) is 54.4 Å². The minimum absolute atomic E-state index is 0.0222. The molecule has 4 heteroatoms. The molecule has 0 radical (unpaired) electrons. The molecule has 0 saturated heterocycles. The first kappa shape index (κ1) is 9.80. The van der Waals surface area contributed by atoms with Crippen LogP contribution >= 0.6 is 0 Å². The summed E-state index contributed by atoms with van der Waals surface area (Å²) in [5.41, 5.74) is 0. The minimum atomic E-state index is -3.55. The van der Waals surface area contributed by atoms with Gasteiger partial charge in [-0.2, -0.15) is 0 Å². The standard InChI is InChI=1S/C9H10O3S/c1-7(2)13(11,12)9-6-4-3-5-8(9)10/h3-6,10H,1H2,2H3. The molecule has 0 atom stereocenters. The predicted molar refractivity (Wildman–Crippen MR) is 50.1 cm³/mol. The van der Waals surface area contributed by atoms with E-state index in [1.54, 1.807) is 12.1 Å². The third kappa shape index (κ3) is 1.72. The molecule has 70 valence electrons. The molecule has 0 unspecified atom stereocenters. The minimum Gasteiger partial charge on any atom is -0.507 e. The van der Waals surface area contributed by atoms with E-state index in [2.05, 4.69) is 6.58 Å². The molecule has 0 fully saturated rings. The summed E-state index contributed by atoms with van der Waals surface area (Å²) < 4.78 is 23.0. The normalized spacial score (nSPS) is 11.2. The van der Waals surface area contributed by atoms with Crippen LogP contribution in [0.15, 0.2) is 40.6 Å². The zero-order chi connectivity index (χ0) is 10.1. The van der Waals surface area contributed by atoms with E-state index < -0.39 is 9.84 Å². The van der Waals surface area contributed by atoms with Crippen LogP contribution in [0.5, 0.6) is 5.75 Å². The molecule has 0 amide bonds. The molecule has 1 N–H and O–H groups in total. The summed E-state index contributed by atoms with van der Waals surface area (Å²) >= 11 is 0. The Labute approximate surface area is 77.3 Å². The predicted octanol–water partition coefficient (Wildman–Crippen LogP) is 1.70. The van der Waals surface area contributed by atoms with Gasteiger partial charge < -0.3 is 5.11 Å². The first-order chi connectivity index (χ1) is 5.96. The van der Waals surface area contributed by atoms with Crippen LogP contribution in [-0.4, -0.2) is 13.5 Å². The van der Waals surface area contributed by atoms with Gasteiger partial charge in [-0.05, 0) is 19.1 Å². The lowest BCUT2D eigenvalue weighted by Crippen LogP contribution is -2.01. The molecule has 1 aromatic carbocycles. The molecule has 1 aromatic rings. The van der Waals surface area contributed by atoms with Gasteiger partial charge in [-0.1, -0.05) is 18.7 Å². The summed E-state index contributed by atoms with van der Waals surface area (Å²) in [6.07, 6.45) is 0. The van der Waals surface area contributed by atoms with Gasteiger partial charge in [-0.3, -0.25) is 0 Å². The zero-order valence-electron chi connectivity index (χ0n) is 7.19. The fourth-order valence-electron chi connectivity index (χ4n) is 0.872. The summed E-state index contributed by atoms with van der Waals surface area (Å²) in [5, 5.41) is 9.27. The maximum absolute atomic E-state index is 11.5. The Bertz CT molecular complexity index is 432. The molecule has 13 heavy (non-hydrogen) atoms. The maximum atomic E-state index is 11.5. The van der Waals surface area contributed by atoms with Crippen LogP contribution in [0, 0.1) is 0 Å². The van der Waals surface area contributed by atoms with Crippen molar-refractivity contribution in [3.8, 4) is 5.75 Å². The second kappa shape index (κ2) is 3.22. The van der Waals surface area contributed by atoms with Gasteiger partial charge in [0.05, 0.1) is 0 Å². The Kier molecular flexibility index (Phi) is 2.43. The molecule has 3 nitrogen and oxygen atoms in total. The van der Waals surface area contributed by atoms with Gasteiger partial charge in [0.1, 0.15) is 10.6 Å². The summed E-state index contributed by atoms with van der Waals surface area (Å²) in [7, 11) is -3.55. The molecule has 0 aliphatic rings. The van der Waals surface area contributed by atoms with E-state index >= 15 is 0 Å². The van der Waals surface area contributed by atoms with E-state index in [4.69, 9.17) is 0 Å². The smallest absolute Gasteiger partial charge is 0.205 e. The van der Waals surface area contributed by atoms with Crippen LogP contribution in [0.4, 0.5) is 0 Å². The second-order valence-electron chi connectivity index (χ2n) is 2.67. The molecule has 0 heterocycles. The molecule has 0 bridgehead atoms. The van der Waals surface area contributed by atoms with Crippen LogP contribution in [0.2, 0.25) is 0 Å². The van der Waals surface area contributed by atoms with E-state index in [0.717, 1.165) is 0 Å². The van der Waals surface area contributed by atoms with Crippen molar-refractivity contribution in [1.82, 2.24) is 0 Å². The lowest BCUT2D eigenvalue weighted by Gasteiger charge is -2.04. The van der Waals surface area contributed by atoms with E-state index in [0.29, 0.717) is 0 Å². The van der Waals surface area contributed by atoms with Gasteiger partial charge >= 0.3 is 0 Å². The van der Waals surface area contributed by atoms with Gasteiger partial charge in [0.2, 0.25) is 9.84 Å². The number of allylic oxidation sites excluding steroid dienone is 1. The molecule has 0 spiro atoms. The van der Waals surface area contributed by atoms with Crippen LogP contribution in [0.3, 0.4) is 0 Å². The van der Waals surface area contributed by atoms with Crippen molar-refractivity contribution in [1.29, 1.82) is 0 Å². The lowest BCUT2D eigenvalue weighted by atomic mass is 10.3.